The number of benzene rings is 4. The van der Waals surface area contributed by atoms with Crippen LogP contribution in [0.3, 0.4) is 0 Å². The third-order valence-corrected chi connectivity index (χ3v) is 7.84. The third-order valence-electron chi connectivity index (χ3n) is 7.41. The largest absolute Gasteiger partial charge is 0.465 e. The molecule has 0 radical (unpaired) electrons. The summed E-state index contributed by atoms with van der Waals surface area (Å²) in [5.74, 6) is 0.261. The molecule has 5 aromatic rings. The molecule has 0 N–H and O–H groups in total. The molecule has 0 aliphatic carbocycles. The lowest BCUT2D eigenvalue weighted by Gasteiger charge is -2.44. The zero-order valence-electron chi connectivity index (χ0n) is 22.2. The predicted molar refractivity (Wildman–Crippen MR) is 163 cm³/mol. The number of rotatable bonds is 7. The van der Waals surface area contributed by atoms with Gasteiger partial charge in [0.2, 0.25) is 5.28 Å². The van der Waals surface area contributed by atoms with E-state index in [2.05, 4.69) is 51.2 Å². The topological polar surface area (TPSA) is 58.6 Å². The quantitative estimate of drug-likeness (QED) is 0.0868. The van der Waals surface area contributed by atoms with Crippen molar-refractivity contribution >= 4 is 40.7 Å². The number of halogens is 2. The highest BCUT2D eigenvalue weighted by atomic mass is 35.5. The molecule has 1 aliphatic rings. The van der Waals surface area contributed by atoms with Crippen molar-refractivity contribution < 1.29 is 9.53 Å². The lowest BCUT2D eigenvalue weighted by molar-refractivity contribution is 0.0600. The predicted octanol–water partition coefficient (Wildman–Crippen LogP) is 7.35. The van der Waals surface area contributed by atoms with E-state index < -0.39 is 5.54 Å². The van der Waals surface area contributed by atoms with Gasteiger partial charge >= 0.3 is 5.97 Å². The summed E-state index contributed by atoms with van der Waals surface area (Å²) in [6.07, 6.45) is 0. The molecule has 0 fully saturated rings. The van der Waals surface area contributed by atoms with Crippen LogP contribution in [-0.2, 0) is 16.8 Å². The standard InChI is InChI=1S/C33H26Cl2N4O2/c1-41-31(40)24-19-17-23(18-20-24)21-38-22-39(30-28(38)29(34)36-32(35)37-30)33(25-11-5-2-6-12-25,26-13-7-3-8-14-26)27-15-9-4-10-16-27/h2-20H,21-22H2,1H3. The average Bonchev–Trinajstić information content (AvgIpc) is 3.37. The van der Waals surface area contributed by atoms with Crippen LogP contribution in [-0.4, -0.2) is 29.7 Å². The van der Waals surface area contributed by atoms with Crippen molar-refractivity contribution in [3.8, 4) is 0 Å². The van der Waals surface area contributed by atoms with Crippen LogP contribution in [0.25, 0.3) is 0 Å². The molecule has 0 bridgehead atoms. The van der Waals surface area contributed by atoms with Crippen LogP contribution in [0.4, 0.5) is 11.5 Å². The second-order valence-electron chi connectivity index (χ2n) is 9.72. The molecule has 0 spiro atoms. The number of carbonyl (C=O) groups is 1. The number of fused-ring (bicyclic) bond motifs is 1. The van der Waals surface area contributed by atoms with E-state index in [4.69, 9.17) is 32.9 Å². The maximum absolute atomic E-state index is 12.0. The molecule has 0 atom stereocenters. The smallest absolute Gasteiger partial charge is 0.337 e. The number of methoxy groups -OCH3 is 1. The molecule has 0 saturated heterocycles. The van der Waals surface area contributed by atoms with Crippen LogP contribution >= 0.6 is 23.2 Å². The van der Waals surface area contributed by atoms with Gasteiger partial charge in [-0.3, -0.25) is 0 Å². The van der Waals surface area contributed by atoms with E-state index >= 15 is 0 Å². The first-order valence-corrected chi connectivity index (χ1v) is 13.9. The Bertz CT molecular complexity index is 1570. The molecule has 1 aliphatic heterocycles. The van der Waals surface area contributed by atoms with Crippen molar-refractivity contribution in [1.82, 2.24) is 9.97 Å². The summed E-state index contributed by atoms with van der Waals surface area (Å²) in [6.45, 7) is 0.950. The molecular weight excluding hydrogens is 555 g/mol. The molecule has 8 heteroatoms. The van der Waals surface area contributed by atoms with Crippen LogP contribution in [0.5, 0.6) is 0 Å². The lowest BCUT2D eigenvalue weighted by atomic mass is 9.75. The number of anilines is 2. The summed E-state index contributed by atoms with van der Waals surface area (Å²) < 4.78 is 4.86. The van der Waals surface area contributed by atoms with Crippen molar-refractivity contribution in [1.29, 1.82) is 0 Å². The van der Waals surface area contributed by atoms with Gasteiger partial charge in [0.05, 0.1) is 19.3 Å². The highest BCUT2D eigenvalue weighted by Crippen LogP contribution is 2.51. The van der Waals surface area contributed by atoms with Gasteiger partial charge in [-0.25, -0.2) is 9.78 Å². The van der Waals surface area contributed by atoms with Gasteiger partial charge in [-0.05, 0) is 46.0 Å². The number of ether oxygens (including phenoxy) is 1. The summed E-state index contributed by atoms with van der Waals surface area (Å²) in [5, 5.41) is 0.350. The molecule has 0 unspecified atom stereocenters. The third kappa shape index (κ3) is 4.79. The second kappa shape index (κ2) is 11.2. The summed E-state index contributed by atoms with van der Waals surface area (Å²) >= 11 is 13.3. The maximum atomic E-state index is 12.0. The molecule has 0 saturated carbocycles. The Kier molecular flexibility index (Phi) is 7.35. The fraction of sp³-hybridized carbons (Fsp3) is 0.121. The normalized spacial score (nSPS) is 12.8. The minimum Gasteiger partial charge on any atom is -0.465 e. The monoisotopic (exact) mass is 580 g/mol. The first-order valence-electron chi connectivity index (χ1n) is 13.1. The zero-order chi connectivity index (χ0) is 28.4. The first-order chi connectivity index (χ1) is 20.0. The van der Waals surface area contributed by atoms with E-state index in [1.807, 2.05) is 66.7 Å². The van der Waals surface area contributed by atoms with E-state index in [9.17, 15) is 4.79 Å². The second-order valence-corrected chi connectivity index (χ2v) is 10.4. The number of hydrogen-bond acceptors (Lipinski definition) is 6. The first kappa shape index (κ1) is 26.8. The van der Waals surface area contributed by atoms with Gasteiger partial charge in [0.15, 0.2) is 11.0 Å². The fourth-order valence-corrected chi connectivity index (χ4v) is 6.14. The van der Waals surface area contributed by atoms with Crippen molar-refractivity contribution in [3.63, 3.8) is 0 Å². The number of hydrogen-bond donors (Lipinski definition) is 0. The molecule has 4 aromatic carbocycles. The van der Waals surface area contributed by atoms with Crippen LogP contribution in [0.1, 0.15) is 32.6 Å². The van der Waals surface area contributed by atoms with E-state index in [1.165, 1.54) is 7.11 Å². The Labute approximate surface area is 248 Å². The molecular formula is C33H26Cl2N4O2. The van der Waals surface area contributed by atoms with Crippen molar-refractivity contribution in [2.45, 2.75) is 12.1 Å². The van der Waals surface area contributed by atoms with Crippen molar-refractivity contribution in [2.24, 2.45) is 0 Å². The van der Waals surface area contributed by atoms with Gasteiger partial charge in [-0.2, -0.15) is 4.98 Å². The summed E-state index contributed by atoms with van der Waals surface area (Å²) in [7, 11) is 1.37. The zero-order valence-corrected chi connectivity index (χ0v) is 23.8. The molecule has 2 heterocycles. The van der Waals surface area contributed by atoms with Crippen LogP contribution < -0.4 is 9.80 Å². The fourth-order valence-electron chi connectivity index (χ4n) is 5.64. The Balaban J connectivity index is 1.55. The number of nitrogens with zero attached hydrogens (tertiary/aromatic N) is 4. The molecule has 204 valence electrons. The van der Waals surface area contributed by atoms with E-state index in [0.29, 0.717) is 30.3 Å². The van der Waals surface area contributed by atoms with Gasteiger partial charge in [-0.15, -0.1) is 0 Å². The number of aromatic nitrogens is 2. The van der Waals surface area contributed by atoms with E-state index in [-0.39, 0.29) is 16.4 Å². The Morgan fingerprint density at radius 2 is 1.29 bits per heavy atom. The Morgan fingerprint density at radius 1 is 0.780 bits per heavy atom. The molecule has 6 nitrogen and oxygen atoms in total. The van der Waals surface area contributed by atoms with E-state index in [1.54, 1.807) is 12.1 Å². The van der Waals surface area contributed by atoms with Gasteiger partial charge < -0.3 is 14.5 Å². The van der Waals surface area contributed by atoms with E-state index in [0.717, 1.165) is 22.3 Å². The maximum Gasteiger partial charge on any atom is 0.337 e. The Hall–Kier alpha value is -4.39. The Morgan fingerprint density at radius 3 is 1.78 bits per heavy atom. The molecule has 1 aromatic heterocycles. The SMILES string of the molecule is COC(=O)c1ccc(CN2CN(C(c3ccccc3)(c3ccccc3)c3ccccc3)c3nc(Cl)nc(Cl)c32)cc1. The molecule has 41 heavy (non-hydrogen) atoms. The van der Waals surface area contributed by atoms with Gasteiger partial charge in [-0.1, -0.05) is 115 Å². The van der Waals surface area contributed by atoms with Crippen LogP contribution in [0.2, 0.25) is 10.4 Å². The minimum atomic E-state index is -0.775. The lowest BCUT2D eigenvalue weighted by Crippen LogP contribution is -2.50. The van der Waals surface area contributed by atoms with Crippen molar-refractivity contribution in [2.75, 3.05) is 23.6 Å². The van der Waals surface area contributed by atoms with Crippen molar-refractivity contribution in [3.05, 3.63) is 154 Å². The average molecular weight is 582 g/mol. The summed E-state index contributed by atoms with van der Waals surface area (Å²) in [4.78, 5) is 25.5. The summed E-state index contributed by atoms with van der Waals surface area (Å²) in [6, 6.07) is 38.5. The minimum absolute atomic E-state index is 0.0751. The van der Waals surface area contributed by atoms with Gasteiger partial charge in [0, 0.05) is 6.54 Å². The highest BCUT2D eigenvalue weighted by molar-refractivity contribution is 6.34. The molecule has 6 rings (SSSR count). The highest BCUT2D eigenvalue weighted by Gasteiger charge is 2.48. The van der Waals surface area contributed by atoms with Gasteiger partial charge in [0.25, 0.3) is 0 Å². The number of carbonyl (C=O) groups excluding carboxylic acids is 1. The van der Waals surface area contributed by atoms with Crippen LogP contribution in [0.15, 0.2) is 115 Å². The van der Waals surface area contributed by atoms with Crippen LogP contribution in [0, 0.1) is 0 Å². The summed E-state index contributed by atoms with van der Waals surface area (Å²) in [5.41, 5.74) is 4.60. The molecule has 0 amide bonds. The number of esters is 1. The van der Waals surface area contributed by atoms with Gasteiger partial charge in [0.1, 0.15) is 11.2 Å².